The Labute approximate surface area is 132 Å². The van der Waals surface area contributed by atoms with Gasteiger partial charge in [-0.15, -0.1) is 0 Å². The summed E-state index contributed by atoms with van der Waals surface area (Å²) in [6.45, 7) is 0. The van der Waals surface area contributed by atoms with E-state index < -0.39 is 5.97 Å². The maximum atomic E-state index is 11.3. The second-order valence-electron chi connectivity index (χ2n) is 4.78. The Kier molecular flexibility index (Phi) is 3.90. The summed E-state index contributed by atoms with van der Waals surface area (Å²) in [4.78, 5) is 15.7. The Hall–Kier alpha value is -2.65. The van der Waals surface area contributed by atoms with Gasteiger partial charge in [-0.3, -0.25) is 0 Å². The number of nitrogens with zero attached hydrogens (tertiary/aromatic N) is 1. The van der Waals surface area contributed by atoms with E-state index in [4.69, 9.17) is 11.6 Å². The molecule has 3 aromatic rings. The Morgan fingerprint density at radius 2 is 1.77 bits per heavy atom. The number of benzene rings is 2. The van der Waals surface area contributed by atoms with Gasteiger partial charge in [0.25, 0.3) is 0 Å². The molecule has 0 aliphatic rings. The standard InChI is InChI=1S/C18H12ClNO2/c19-13-8-5-12(6-9-13)7-10-14-11-16(18(21)22)15-3-1-2-4-17(15)20-14/h1-11H,(H,21,22)/p-1/b10-7+. The van der Waals surface area contributed by atoms with Gasteiger partial charge in [-0.25, -0.2) is 4.98 Å². The Bertz CT molecular complexity index is 870. The first-order valence-electron chi connectivity index (χ1n) is 6.68. The van der Waals surface area contributed by atoms with Crippen molar-refractivity contribution in [3.63, 3.8) is 0 Å². The number of carbonyl (C=O) groups is 1. The van der Waals surface area contributed by atoms with Gasteiger partial charge in [-0.2, -0.15) is 0 Å². The van der Waals surface area contributed by atoms with E-state index in [1.165, 1.54) is 6.07 Å². The summed E-state index contributed by atoms with van der Waals surface area (Å²) in [5, 5.41) is 12.5. The molecule has 0 amide bonds. The predicted molar refractivity (Wildman–Crippen MR) is 86.5 cm³/mol. The van der Waals surface area contributed by atoms with Gasteiger partial charge in [-0.1, -0.05) is 48.0 Å². The lowest BCUT2D eigenvalue weighted by atomic mass is 10.1. The van der Waals surface area contributed by atoms with Crippen molar-refractivity contribution in [2.24, 2.45) is 0 Å². The van der Waals surface area contributed by atoms with Gasteiger partial charge in [0.1, 0.15) is 0 Å². The molecule has 0 aliphatic heterocycles. The second-order valence-corrected chi connectivity index (χ2v) is 5.22. The maximum absolute atomic E-state index is 11.3. The van der Waals surface area contributed by atoms with Crippen LogP contribution >= 0.6 is 11.6 Å². The monoisotopic (exact) mass is 308 g/mol. The predicted octanol–water partition coefficient (Wildman–Crippen LogP) is 3.42. The molecule has 0 saturated carbocycles. The number of hydrogen-bond acceptors (Lipinski definition) is 3. The molecule has 4 heteroatoms. The third-order valence-electron chi connectivity index (χ3n) is 3.27. The number of aromatic nitrogens is 1. The van der Waals surface area contributed by atoms with Crippen molar-refractivity contribution < 1.29 is 9.90 Å². The number of fused-ring (bicyclic) bond motifs is 1. The van der Waals surface area contributed by atoms with Crippen LogP contribution in [-0.4, -0.2) is 11.0 Å². The molecule has 0 spiro atoms. The smallest absolute Gasteiger partial charge is 0.0722 e. The average Bonchev–Trinajstić information content (AvgIpc) is 2.53. The zero-order valence-electron chi connectivity index (χ0n) is 11.5. The quantitative estimate of drug-likeness (QED) is 0.745. The lowest BCUT2D eigenvalue weighted by Gasteiger charge is -2.08. The number of carboxylic acids is 1. The van der Waals surface area contributed by atoms with Crippen LogP contribution in [-0.2, 0) is 0 Å². The molecule has 3 rings (SSSR count). The normalized spacial score (nSPS) is 11.1. The molecule has 0 bridgehead atoms. The SMILES string of the molecule is O=C([O-])c1cc(/C=C/c2ccc(Cl)cc2)nc2ccccc12. The molecule has 0 radical (unpaired) electrons. The number of aromatic carboxylic acids is 1. The van der Waals surface area contributed by atoms with Gasteiger partial charge < -0.3 is 9.90 Å². The Morgan fingerprint density at radius 1 is 1.05 bits per heavy atom. The third kappa shape index (κ3) is 3.00. The van der Waals surface area contributed by atoms with Crippen LogP contribution < -0.4 is 5.11 Å². The summed E-state index contributed by atoms with van der Waals surface area (Å²) in [6.07, 6.45) is 3.62. The van der Waals surface area contributed by atoms with E-state index in [1.807, 2.05) is 24.3 Å². The fourth-order valence-corrected chi connectivity index (χ4v) is 2.33. The number of rotatable bonds is 3. The largest absolute Gasteiger partial charge is 0.545 e. The molecule has 0 fully saturated rings. The summed E-state index contributed by atoms with van der Waals surface area (Å²) < 4.78 is 0. The minimum atomic E-state index is -1.21. The van der Waals surface area contributed by atoms with Gasteiger partial charge in [0.2, 0.25) is 0 Å². The van der Waals surface area contributed by atoms with E-state index in [2.05, 4.69) is 4.98 Å². The van der Waals surface area contributed by atoms with Gasteiger partial charge in [0, 0.05) is 16.0 Å². The first-order chi connectivity index (χ1) is 10.6. The van der Waals surface area contributed by atoms with Crippen LogP contribution in [0.1, 0.15) is 21.6 Å². The Morgan fingerprint density at radius 3 is 2.50 bits per heavy atom. The molecular formula is C18H11ClNO2-. The van der Waals surface area contributed by atoms with Crippen molar-refractivity contribution in [2.45, 2.75) is 0 Å². The van der Waals surface area contributed by atoms with Crippen molar-refractivity contribution in [2.75, 3.05) is 0 Å². The van der Waals surface area contributed by atoms with Crippen molar-refractivity contribution in [1.82, 2.24) is 4.98 Å². The molecule has 3 nitrogen and oxygen atoms in total. The minimum absolute atomic E-state index is 0.140. The van der Waals surface area contributed by atoms with Crippen molar-refractivity contribution in [3.8, 4) is 0 Å². The third-order valence-corrected chi connectivity index (χ3v) is 3.52. The highest BCUT2D eigenvalue weighted by Gasteiger charge is 2.04. The number of carbonyl (C=O) groups excluding carboxylic acids is 1. The molecule has 2 aromatic carbocycles. The molecule has 108 valence electrons. The number of hydrogen-bond donors (Lipinski definition) is 0. The van der Waals surface area contributed by atoms with E-state index in [-0.39, 0.29) is 5.56 Å². The molecule has 0 saturated heterocycles. The highest BCUT2D eigenvalue weighted by Crippen LogP contribution is 2.19. The van der Waals surface area contributed by atoms with Gasteiger partial charge in [0.15, 0.2) is 0 Å². The van der Waals surface area contributed by atoms with Crippen LogP contribution in [0.15, 0.2) is 54.6 Å². The molecule has 1 heterocycles. The van der Waals surface area contributed by atoms with Crippen LogP contribution in [0.4, 0.5) is 0 Å². The van der Waals surface area contributed by atoms with Crippen molar-refractivity contribution in [3.05, 3.63) is 76.4 Å². The van der Waals surface area contributed by atoms with Crippen LogP contribution in [0.2, 0.25) is 5.02 Å². The molecule has 0 unspecified atom stereocenters. The summed E-state index contributed by atoms with van der Waals surface area (Å²) in [7, 11) is 0. The summed E-state index contributed by atoms with van der Waals surface area (Å²) >= 11 is 5.84. The molecule has 22 heavy (non-hydrogen) atoms. The van der Waals surface area contributed by atoms with E-state index in [0.29, 0.717) is 21.6 Å². The van der Waals surface area contributed by atoms with Gasteiger partial charge >= 0.3 is 0 Å². The lowest BCUT2D eigenvalue weighted by molar-refractivity contribution is -0.254. The lowest BCUT2D eigenvalue weighted by Crippen LogP contribution is -2.22. The number of halogens is 1. The highest BCUT2D eigenvalue weighted by molar-refractivity contribution is 6.30. The van der Waals surface area contributed by atoms with Crippen molar-refractivity contribution >= 4 is 40.6 Å². The van der Waals surface area contributed by atoms with E-state index in [1.54, 1.807) is 36.4 Å². The van der Waals surface area contributed by atoms with Crippen LogP contribution in [0.25, 0.3) is 23.1 Å². The molecule has 0 atom stereocenters. The number of para-hydroxylation sites is 1. The average molecular weight is 309 g/mol. The van der Waals surface area contributed by atoms with Crippen LogP contribution in [0.3, 0.4) is 0 Å². The summed E-state index contributed by atoms with van der Waals surface area (Å²) in [5.41, 5.74) is 2.28. The van der Waals surface area contributed by atoms with Gasteiger partial charge in [-0.05, 0) is 35.9 Å². The molecule has 0 N–H and O–H groups in total. The zero-order chi connectivity index (χ0) is 15.5. The molecule has 1 aromatic heterocycles. The zero-order valence-corrected chi connectivity index (χ0v) is 12.2. The van der Waals surface area contributed by atoms with Crippen molar-refractivity contribution in [1.29, 1.82) is 0 Å². The maximum Gasteiger partial charge on any atom is 0.0722 e. The second kappa shape index (κ2) is 6.00. The number of pyridine rings is 1. The van der Waals surface area contributed by atoms with Gasteiger partial charge in [0.05, 0.1) is 17.2 Å². The molecular weight excluding hydrogens is 298 g/mol. The van der Waals surface area contributed by atoms with Crippen LogP contribution in [0.5, 0.6) is 0 Å². The summed E-state index contributed by atoms with van der Waals surface area (Å²) in [5.74, 6) is -1.21. The Balaban J connectivity index is 2.04. The molecule has 0 aliphatic carbocycles. The fraction of sp³-hybridized carbons (Fsp3) is 0. The van der Waals surface area contributed by atoms with E-state index in [9.17, 15) is 9.90 Å². The van der Waals surface area contributed by atoms with Crippen LogP contribution in [0, 0.1) is 0 Å². The summed E-state index contributed by atoms with van der Waals surface area (Å²) in [6, 6.07) is 16.0. The minimum Gasteiger partial charge on any atom is -0.545 e. The first kappa shape index (κ1) is 14.3. The van der Waals surface area contributed by atoms with E-state index in [0.717, 1.165) is 5.56 Å². The topological polar surface area (TPSA) is 53.0 Å². The number of carboxylic acid groups (broad SMARTS) is 1. The fourth-order valence-electron chi connectivity index (χ4n) is 2.21. The first-order valence-corrected chi connectivity index (χ1v) is 7.06. The van der Waals surface area contributed by atoms with E-state index >= 15 is 0 Å². The highest BCUT2D eigenvalue weighted by atomic mass is 35.5.